The quantitative estimate of drug-likeness (QED) is 0.738. The van der Waals surface area contributed by atoms with Gasteiger partial charge >= 0.3 is 11.9 Å². The second-order valence-corrected chi connectivity index (χ2v) is 3.81. The van der Waals surface area contributed by atoms with Crippen LogP contribution in [0.2, 0.25) is 0 Å². The van der Waals surface area contributed by atoms with Gasteiger partial charge in [-0.3, -0.25) is 0 Å². The van der Waals surface area contributed by atoms with Gasteiger partial charge < -0.3 is 14.6 Å². The van der Waals surface area contributed by atoms with Crippen LogP contribution in [0.15, 0.2) is 35.6 Å². The van der Waals surface area contributed by atoms with E-state index in [0.29, 0.717) is 11.1 Å². The number of aliphatic hydroxyl groups is 1. The molecule has 0 amide bonds. The molecule has 0 radical (unpaired) electrons. The van der Waals surface area contributed by atoms with Crippen molar-refractivity contribution in [2.45, 2.75) is 6.10 Å². The SMILES string of the molecule is O=C1OCC(O)=C1C1OC(=O)c2ccccc21. The molecule has 0 spiro atoms. The molecule has 5 nitrogen and oxygen atoms in total. The van der Waals surface area contributed by atoms with Gasteiger partial charge in [0.05, 0.1) is 5.56 Å². The number of esters is 2. The number of carbonyl (C=O) groups excluding carboxylic acids is 2. The average Bonchev–Trinajstić information content (AvgIpc) is 2.82. The van der Waals surface area contributed by atoms with Crippen LogP contribution < -0.4 is 0 Å². The standard InChI is InChI=1S/C12H8O5/c13-8-5-16-12(15)9(8)10-6-3-1-2-4-7(6)11(14)17-10/h1-4,10,13H,5H2. The van der Waals surface area contributed by atoms with Gasteiger partial charge in [-0.2, -0.15) is 0 Å². The zero-order valence-corrected chi connectivity index (χ0v) is 8.67. The highest BCUT2D eigenvalue weighted by atomic mass is 16.6. The fourth-order valence-corrected chi connectivity index (χ4v) is 2.03. The Balaban J connectivity index is 2.11. The van der Waals surface area contributed by atoms with E-state index >= 15 is 0 Å². The van der Waals surface area contributed by atoms with Gasteiger partial charge in [0, 0.05) is 5.56 Å². The summed E-state index contributed by atoms with van der Waals surface area (Å²) in [5.41, 5.74) is 1.01. The predicted octanol–water partition coefficient (Wildman–Crippen LogP) is 1.27. The van der Waals surface area contributed by atoms with Crippen LogP contribution in [0.3, 0.4) is 0 Å². The smallest absolute Gasteiger partial charge is 0.342 e. The van der Waals surface area contributed by atoms with E-state index in [2.05, 4.69) is 4.74 Å². The van der Waals surface area contributed by atoms with Crippen LogP contribution in [0.5, 0.6) is 0 Å². The zero-order chi connectivity index (χ0) is 12.0. The van der Waals surface area contributed by atoms with Crippen molar-refractivity contribution in [3.8, 4) is 0 Å². The molecule has 1 aromatic carbocycles. The minimum Gasteiger partial charge on any atom is -0.508 e. The lowest BCUT2D eigenvalue weighted by molar-refractivity contribution is -0.137. The summed E-state index contributed by atoms with van der Waals surface area (Å²) in [5.74, 6) is -1.31. The lowest BCUT2D eigenvalue weighted by atomic mass is 9.99. The first kappa shape index (κ1) is 9.89. The highest BCUT2D eigenvalue weighted by Gasteiger charge is 2.41. The Morgan fingerprint density at radius 3 is 2.65 bits per heavy atom. The molecule has 1 N–H and O–H groups in total. The van der Waals surface area contributed by atoms with Gasteiger partial charge in [-0.05, 0) is 6.07 Å². The second-order valence-electron chi connectivity index (χ2n) is 3.81. The number of rotatable bonds is 1. The summed E-state index contributed by atoms with van der Waals surface area (Å²) in [4.78, 5) is 23.0. The van der Waals surface area contributed by atoms with Crippen molar-refractivity contribution >= 4 is 11.9 Å². The molecule has 1 unspecified atom stereocenters. The van der Waals surface area contributed by atoms with Gasteiger partial charge in [0.2, 0.25) is 0 Å². The van der Waals surface area contributed by atoms with E-state index in [1.165, 1.54) is 0 Å². The van der Waals surface area contributed by atoms with Crippen LogP contribution >= 0.6 is 0 Å². The number of hydrogen-bond donors (Lipinski definition) is 1. The Kier molecular flexibility index (Phi) is 1.95. The Hall–Kier alpha value is -2.30. The topological polar surface area (TPSA) is 72.8 Å². The summed E-state index contributed by atoms with van der Waals surface area (Å²) < 4.78 is 9.78. The maximum Gasteiger partial charge on any atom is 0.342 e. The van der Waals surface area contributed by atoms with Crippen molar-refractivity contribution in [1.29, 1.82) is 0 Å². The monoisotopic (exact) mass is 232 g/mol. The van der Waals surface area contributed by atoms with E-state index in [0.717, 1.165) is 0 Å². The largest absolute Gasteiger partial charge is 0.508 e. The molecule has 3 rings (SSSR count). The zero-order valence-electron chi connectivity index (χ0n) is 8.67. The van der Waals surface area contributed by atoms with Crippen LogP contribution in [-0.2, 0) is 14.3 Å². The number of aliphatic hydroxyl groups excluding tert-OH is 1. The highest BCUT2D eigenvalue weighted by Crippen LogP contribution is 2.38. The van der Waals surface area contributed by atoms with E-state index in [9.17, 15) is 14.7 Å². The van der Waals surface area contributed by atoms with Crippen molar-refractivity contribution < 1.29 is 24.2 Å². The maximum absolute atomic E-state index is 11.6. The number of fused-ring (bicyclic) bond motifs is 1. The first-order valence-corrected chi connectivity index (χ1v) is 5.07. The first-order chi connectivity index (χ1) is 8.18. The summed E-state index contributed by atoms with van der Waals surface area (Å²) >= 11 is 0. The Morgan fingerprint density at radius 1 is 1.18 bits per heavy atom. The molecule has 0 aliphatic carbocycles. The summed E-state index contributed by atoms with van der Waals surface area (Å²) in [6.07, 6.45) is -0.853. The minimum absolute atomic E-state index is 0.0169. The molecule has 1 atom stereocenters. The first-order valence-electron chi connectivity index (χ1n) is 5.07. The Labute approximate surface area is 96.3 Å². The van der Waals surface area contributed by atoms with Crippen molar-refractivity contribution in [3.05, 3.63) is 46.7 Å². The van der Waals surface area contributed by atoms with Gasteiger partial charge in [0.25, 0.3) is 0 Å². The highest BCUT2D eigenvalue weighted by molar-refractivity contribution is 5.99. The van der Waals surface area contributed by atoms with E-state index in [-0.39, 0.29) is 17.9 Å². The third-order valence-electron chi connectivity index (χ3n) is 2.82. The van der Waals surface area contributed by atoms with Crippen molar-refractivity contribution in [1.82, 2.24) is 0 Å². The average molecular weight is 232 g/mol. The van der Waals surface area contributed by atoms with Crippen LogP contribution in [0.4, 0.5) is 0 Å². The van der Waals surface area contributed by atoms with E-state index in [1.54, 1.807) is 24.3 Å². The molecule has 1 aromatic rings. The van der Waals surface area contributed by atoms with Gasteiger partial charge in [-0.25, -0.2) is 9.59 Å². The summed E-state index contributed by atoms with van der Waals surface area (Å²) in [5, 5.41) is 9.57. The van der Waals surface area contributed by atoms with Crippen LogP contribution in [0.25, 0.3) is 0 Å². The van der Waals surface area contributed by atoms with Crippen LogP contribution in [0.1, 0.15) is 22.0 Å². The van der Waals surface area contributed by atoms with E-state index in [4.69, 9.17) is 4.74 Å². The lowest BCUT2D eigenvalue weighted by Gasteiger charge is -2.09. The maximum atomic E-state index is 11.6. The Bertz CT molecular complexity index is 558. The normalized spacial score (nSPS) is 22.5. The predicted molar refractivity (Wildman–Crippen MR) is 55.2 cm³/mol. The molecule has 5 heteroatoms. The molecule has 17 heavy (non-hydrogen) atoms. The molecule has 2 heterocycles. The number of hydrogen-bond acceptors (Lipinski definition) is 5. The molecule has 0 aromatic heterocycles. The summed E-state index contributed by atoms with van der Waals surface area (Å²) in [7, 11) is 0. The third kappa shape index (κ3) is 1.32. The molecule has 0 bridgehead atoms. The second kappa shape index (κ2) is 3.35. The number of benzene rings is 1. The number of carbonyl (C=O) groups is 2. The van der Waals surface area contributed by atoms with Crippen molar-refractivity contribution in [2.75, 3.05) is 6.61 Å². The molecule has 2 aliphatic rings. The fourth-order valence-electron chi connectivity index (χ4n) is 2.03. The lowest BCUT2D eigenvalue weighted by Crippen LogP contribution is -2.10. The van der Waals surface area contributed by atoms with E-state index < -0.39 is 18.0 Å². The van der Waals surface area contributed by atoms with Crippen LogP contribution in [-0.4, -0.2) is 23.7 Å². The van der Waals surface area contributed by atoms with E-state index in [1.807, 2.05) is 0 Å². The van der Waals surface area contributed by atoms with Gasteiger partial charge in [0.15, 0.2) is 6.10 Å². The number of ether oxygens (including phenoxy) is 2. The van der Waals surface area contributed by atoms with Gasteiger partial charge in [-0.15, -0.1) is 0 Å². The molecule has 0 saturated carbocycles. The minimum atomic E-state index is -0.853. The molecule has 0 saturated heterocycles. The molecule has 2 aliphatic heterocycles. The van der Waals surface area contributed by atoms with Crippen molar-refractivity contribution in [2.24, 2.45) is 0 Å². The van der Waals surface area contributed by atoms with Gasteiger partial charge in [-0.1, -0.05) is 18.2 Å². The van der Waals surface area contributed by atoms with Crippen molar-refractivity contribution in [3.63, 3.8) is 0 Å². The fraction of sp³-hybridized carbons (Fsp3) is 0.167. The molecule has 86 valence electrons. The molecule has 0 fully saturated rings. The molecular formula is C12H8O5. The van der Waals surface area contributed by atoms with Gasteiger partial charge in [0.1, 0.15) is 17.9 Å². The molecular weight excluding hydrogens is 224 g/mol. The number of cyclic esters (lactones) is 2. The summed E-state index contributed by atoms with van der Waals surface area (Å²) in [6.45, 7) is -0.162. The van der Waals surface area contributed by atoms with Crippen LogP contribution in [0, 0.1) is 0 Å². The third-order valence-corrected chi connectivity index (χ3v) is 2.82. The summed E-state index contributed by atoms with van der Waals surface area (Å²) in [6, 6.07) is 6.77. The Morgan fingerprint density at radius 2 is 1.94 bits per heavy atom.